The maximum Gasteiger partial charge on any atom is 0.240 e. The first-order valence-electron chi connectivity index (χ1n) is 7.53. The number of benzene rings is 2. The van der Waals surface area contributed by atoms with E-state index < -0.39 is 0 Å². The molecule has 4 rings (SSSR count). The predicted octanol–water partition coefficient (Wildman–Crippen LogP) is 2.84. The molecule has 0 aliphatic heterocycles. The van der Waals surface area contributed by atoms with Crippen LogP contribution >= 0.6 is 0 Å². The van der Waals surface area contributed by atoms with Gasteiger partial charge >= 0.3 is 0 Å². The fourth-order valence-electron chi connectivity index (χ4n) is 2.97. The first kappa shape index (κ1) is 13.1. The van der Waals surface area contributed by atoms with Crippen LogP contribution in [0.4, 0.5) is 0 Å². The van der Waals surface area contributed by atoms with Crippen LogP contribution in [0.5, 0.6) is 0 Å². The van der Waals surface area contributed by atoms with Gasteiger partial charge in [0.15, 0.2) is 0 Å². The summed E-state index contributed by atoms with van der Waals surface area (Å²) in [6.45, 7) is 0.301. The van der Waals surface area contributed by atoms with Crippen molar-refractivity contribution < 1.29 is 4.79 Å². The van der Waals surface area contributed by atoms with Crippen molar-refractivity contribution in [2.24, 2.45) is 0 Å². The Morgan fingerprint density at radius 2 is 1.82 bits per heavy atom. The summed E-state index contributed by atoms with van der Waals surface area (Å²) in [5.41, 5.74) is 2.94. The lowest BCUT2D eigenvalue weighted by Gasteiger charge is -2.18. The van der Waals surface area contributed by atoms with Crippen LogP contribution in [0.1, 0.15) is 18.4 Å². The minimum Gasteiger partial charge on any atom is -0.345 e. The van der Waals surface area contributed by atoms with E-state index >= 15 is 0 Å². The third-order valence-corrected chi connectivity index (χ3v) is 4.30. The molecular weight excluding hydrogens is 274 g/mol. The molecular formula is C18H17N3O. The highest BCUT2D eigenvalue weighted by atomic mass is 16.2. The lowest BCUT2D eigenvalue weighted by Crippen LogP contribution is -2.37. The Morgan fingerprint density at radius 3 is 2.59 bits per heavy atom. The number of carbonyl (C=O) groups is 1. The molecule has 0 radical (unpaired) electrons. The van der Waals surface area contributed by atoms with E-state index in [4.69, 9.17) is 0 Å². The quantitative estimate of drug-likeness (QED) is 0.803. The largest absolute Gasteiger partial charge is 0.345 e. The van der Waals surface area contributed by atoms with Crippen LogP contribution in [0.15, 0.2) is 60.9 Å². The van der Waals surface area contributed by atoms with Crippen molar-refractivity contribution in [1.82, 2.24) is 14.9 Å². The SMILES string of the molecule is O=C(Cn1cnc2ccccc21)NC1(c2ccccc2)CC1. The van der Waals surface area contributed by atoms with Crippen LogP contribution in [-0.4, -0.2) is 15.5 Å². The normalized spacial score (nSPS) is 15.6. The molecule has 4 heteroatoms. The van der Waals surface area contributed by atoms with E-state index in [9.17, 15) is 4.79 Å². The molecule has 0 atom stereocenters. The summed E-state index contributed by atoms with van der Waals surface area (Å²) >= 11 is 0. The molecule has 1 aliphatic carbocycles. The first-order chi connectivity index (χ1) is 10.8. The molecule has 1 N–H and O–H groups in total. The fourth-order valence-corrected chi connectivity index (χ4v) is 2.97. The van der Waals surface area contributed by atoms with Gasteiger partial charge in [-0.15, -0.1) is 0 Å². The third kappa shape index (κ3) is 2.26. The summed E-state index contributed by atoms with van der Waals surface area (Å²) < 4.78 is 1.89. The molecule has 0 spiro atoms. The Hall–Kier alpha value is -2.62. The molecule has 2 aromatic carbocycles. The lowest BCUT2D eigenvalue weighted by molar-refractivity contribution is -0.122. The number of carbonyl (C=O) groups excluding carboxylic acids is 1. The number of amides is 1. The van der Waals surface area contributed by atoms with Gasteiger partial charge in [-0.2, -0.15) is 0 Å². The molecule has 0 bridgehead atoms. The molecule has 1 heterocycles. The summed E-state index contributed by atoms with van der Waals surface area (Å²) in [5.74, 6) is 0.0320. The van der Waals surface area contributed by atoms with Crippen LogP contribution in [-0.2, 0) is 16.9 Å². The number of aromatic nitrogens is 2. The molecule has 22 heavy (non-hydrogen) atoms. The number of nitrogens with one attached hydrogen (secondary N) is 1. The highest BCUT2D eigenvalue weighted by Gasteiger charge is 2.45. The number of imidazole rings is 1. The maximum atomic E-state index is 12.4. The van der Waals surface area contributed by atoms with Gasteiger partial charge in [-0.3, -0.25) is 4.79 Å². The molecule has 3 aromatic rings. The summed E-state index contributed by atoms with van der Waals surface area (Å²) in [4.78, 5) is 16.7. The van der Waals surface area contributed by atoms with Gasteiger partial charge in [0.05, 0.1) is 22.9 Å². The molecule has 4 nitrogen and oxygen atoms in total. The second kappa shape index (κ2) is 4.98. The Balaban J connectivity index is 1.52. The van der Waals surface area contributed by atoms with Crippen LogP contribution in [0.25, 0.3) is 11.0 Å². The number of rotatable bonds is 4. The molecule has 1 aromatic heterocycles. The zero-order valence-electron chi connectivity index (χ0n) is 12.2. The molecule has 110 valence electrons. The summed E-state index contributed by atoms with van der Waals surface area (Å²) in [6, 6.07) is 18.1. The van der Waals surface area contributed by atoms with E-state index in [0.717, 1.165) is 23.9 Å². The van der Waals surface area contributed by atoms with E-state index in [1.807, 2.05) is 47.0 Å². The Bertz CT molecular complexity index is 818. The average molecular weight is 291 g/mol. The topological polar surface area (TPSA) is 46.9 Å². The zero-order chi connectivity index (χ0) is 15.0. The van der Waals surface area contributed by atoms with Crippen LogP contribution in [0, 0.1) is 0 Å². The highest BCUT2D eigenvalue weighted by Crippen LogP contribution is 2.45. The van der Waals surface area contributed by atoms with Gasteiger partial charge in [0, 0.05) is 0 Å². The van der Waals surface area contributed by atoms with Crippen molar-refractivity contribution in [1.29, 1.82) is 0 Å². The number of nitrogens with zero attached hydrogens (tertiary/aromatic N) is 2. The van der Waals surface area contributed by atoms with E-state index in [1.165, 1.54) is 5.56 Å². The number of fused-ring (bicyclic) bond motifs is 1. The van der Waals surface area contributed by atoms with Crippen molar-refractivity contribution >= 4 is 16.9 Å². The van der Waals surface area contributed by atoms with Gasteiger partial charge in [0.2, 0.25) is 5.91 Å². The summed E-state index contributed by atoms with van der Waals surface area (Å²) in [6.07, 6.45) is 3.74. The number of hydrogen-bond donors (Lipinski definition) is 1. The average Bonchev–Trinajstić information content (AvgIpc) is 3.23. The van der Waals surface area contributed by atoms with E-state index in [0.29, 0.717) is 6.54 Å². The molecule has 1 saturated carbocycles. The van der Waals surface area contributed by atoms with Crippen molar-refractivity contribution in [3.63, 3.8) is 0 Å². The zero-order valence-corrected chi connectivity index (χ0v) is 12.2. The number of hydrogen-bond acceptors (Lipinski definition) is 2. The summed E-state index contributed by atoms with van der Waals surface area (Å²) in [7, 11) is 0. The molecule has 0 saturated heterocycles. The van der Waals surface area contributed by atoms with E-state index in [2.05, 4.69) is 22.4 Å². The monoisotopic (exact) mass is 291 g/mol. The van der Waals surface area contributed by atoms with Crippen molar-refractivity contribution in [3.8, 4) is 0 Å². The van der Waals surface area contributed by atoms with Gasteiger partial charge in [0.25, 0.3) is 0 Å². The standard InChI is InChI=1S/C18H17N3O/c22-17(12-21-13-19-15-8-4-5-9-16(15)21)20-18(10-11-18)14-6-2-1-3-7-14/h1-9,13H,10-12H2,(H,20,22). The van der Waals surface area contributed by atoms with Crippen LogP contribution in [0.2, 0.25) is 0 Å². The van der Waals surface area contributed by atoms with E-state index in [-0.39, 0.29) is 11.4 Å². The minimum atomic E-state index is -0.158. The lowest BCUT2D eigenvalue weighted by atomic mass is 10.1. The van der Waals surface area contributed by atoms with Gasteiger partial charge in [-0.25, -0.2) is 4.98 Å². The van der Waals surface area contributed by atoms with Crippen molar-refractivity contribution in [3.05, 3.63) is 66.5 Å². The fraction of sp³-hybridized carbons (Fsp3) is 0.222. The van der Waals surface area contributed by atoms with Gasteiger partial charge in [0.1, 0.15) is 6.54 Å². The minimum absolute atomic E-state index is 0.0320. The maximum absolute atomic E-state index is 12.4. The number of para-hydroxylation sites is 2. The Kier molecular flexibility index (Phi) is 2.96. The smallest absolute Gasteiger partial charge is 0.240 e. The molecule has 1 aliphatic rings. The predicted molar refractivity (Wildman–Crippen MR) is 85.2 cm³/mol. The first-order valence-corrected chi connectivity index (χ1v) is 7.53. The Morgan fingerprint density at radius 1 is 1.09 bits per heavy atom. The Labute approximate surface area is 128 Å². The highest BCUT2D eigenvalue weighted by molar-refractivity contribution is 5.81. The summed E-state index contributed by atoms with van der Waals surface area (Å²) in [5, 5.41) is 3.20. The van der Waals surface area contributed by atoms with E-state index in [1.54, 1.807) is 6.33 Å². The van der Waals surface area contributed by atoms with Crippen LogP contribution < -0.4 is 5.32 Å². The second-order valence-corrected chi connectivity index (χ2v) is 5.86. The van der Waals surface area contributed by atoms with Crippen molar-refractivity contribution in [2.45, 2.75) is 24.9 Å². The molecule has 1 fully saturated rings. The van der Waals surface area contributed by atoms with Crippen molar-refractivity contribution in [2.75, 3.05) is 0 Å². The molecule has 0 unspecified atom stereocenters. The third-order valence-electron chi connectivity index (χ3n) is 4.30. The second-order valence-electron chi connectivity index (χ2n) is 5.86. The van der Waals surface area contributed by atoms with Crippen LogP contribution in [0.3, 0.4) is 0 Å². The van der Waals surface area contributed by atoms with Gasteiger partial charge in [-0.05, 0) is 30.5 Å². The molecule has 1 amide bonds. The van der Waals surface area contributed by atoms with Gasteiger partial charge < -0.3 is 9.88 Å². The van der Waals surface area contributed by atoms with Gasteiger partial charge in [-0.1, -0.05) is 42.5 Å².